The molecule has 120 valence electrons. The molecule has 0 fully saturated rings. The lowest BCUT2D eigenvalue weighted by molar-refractivity contribution is -0.174. The summed E-state index contributed by atoms with van der Waals surface area (Å²) in [6, 6.07) is 5.18. The molecular formula is C14H15F3N2O2S. The fraction of sp³-hybridized carbons (Fsp3) is 0.429. The highest BCUT2D eigenvalue weighted by Gasteiger charge is 2.27. The molecule has 0 atom stereocenters. The van der Waals surface area contributed by atoms with E-state index in [2.05, 4.69) is 15.0 Å². The molecule has 0 aliphatic heterocycles. The number of fused-ring (bicyclic) bond motifs is 1. The molecule has 0 saturated heterocycles. The minimum absolute atomic E-state index is 0.311. The smallest absolute Gasteiger partial charge is 0.362 e. The van der Waals surface area contributed by atoms with E-state index in [0.29, 0.717) is 11.6 Å². The maximum absolute atomic E-state index is 11.9. The first kappa shape index (κ1) is 16.7. The minimum atomic E-state index is -4.44. The third-order valence-corrected chi connectivity index (χ3v) is 4.00. The first-order valence-corrected chi connectivity index (χ1v) is 7.41. The molecule has 0 spiro atoms. The molecule has 2 aromatic rings. The van der Waals surface area contributed by atoms with Crippen molar-refractivity contribution in [2.45, 2.75) is 25.9 Å². The van der Waals surface area contributed by atoms with Gasteiger partial charge in [-0.15, -0.1) is 11.3 Å². The van der Waals surface area contributed by atoms with Gasteiger partial charge >= 0.3 is 6.18 Å². The van der Waals surface area contributed by atoms with E-state index in [4.69, 9.17) is 0 Å². The molecule has 1 amide bonds. The summed E-state index contributed by atoms with van der Waals surface area (Å²) in [5.41, 5.74) is 1.34. The summed E-state index contributed by atoms with van der Waals surface area (Å²) < 4.78 is 41.0. The molecule has 0 unspecified atom stereocenters. The van der Waals surface area contributed by atoms with Crippen LogP contribution < -0.4 is 5.32 Å². The van der Waals surface area contributed by atoms with Crippen LogP contribution in [0.1, 0.15) is 24.8 Å². The average Bonchev–Trinajstić information content (AvgIpc) is 2.80. The maximum atomic E-state index is 11.9. The van der Waals surface area contributed by atoms with Crippen LogP contribution in [0.2, 0.25) is 0 Å². The third-order valence-electron chi connectivity index (χ3n) is 2.68. The number of nitrogens with one attached hydrogen (secondary N) is 1. The second-order valence-corrected chi connectivity index (χ2v) is 6.11. The number of thiazole rings is 1. The Morgan fingerprint density at radius 3 is 2.77 bits per heavy atom. The molecule has 0 aliphatic carbocycles. The molecule has 4 nitrogen and oxygen atoms in total. The average molecular weight is 332 g/mol. The van der Waals surface area contributed by atoms with Crippen molar-refractivity contribution in [3.8, 4) is 0 Å². The van der Waals surface area contributed by atoms with Crippen molar-refractivity contribution in [3.05, 3.63) is 23.2 Å². The van der Waals surface area contributed by atoms with Crippen molar-refractivity contribution >= 4 is 33.1 Å². The quantitative estimate of drug-likeness (QED) is 0.902. The lowest BCUT2D eigenvalue weighted by atomic mass is 10.2. The lowest BCUT2D eigenvalue weighted by Gasteiger charge is -2.08. The monoisotopic (exact) mass is 332 g/mol. The van der Waals surface area contributed by atoms with E-state index < -0.39 is 25.3 Å². The second kappa shape index (κ2) is 6.62. The van der Waals surface area contributed by atoms with Crippen LogP contribution in [-0.4, -0.2) is 30.3 Å². The Bertz CT molecular complexity index is 668. The minimum Gasteiger partial charge on any atom is -0.362 e. The molecule has 0 radical (unpaired) electrons. The largest absolute Gasteiger partial charge is 0.411 e. The van der Waals surface area contributed by atoms with Crippen molar-refractivity contribution in [1.29, 1.82) is 0 Å². The summed E-state index contributed by atoms with van der Waals surface area (Å²) in [5, 5.41) is 3.50. The van der Waals surface area contributed by atoms with Gasteiger partial charge in [0.15, 0.2) is 0 Å². The van der Waals surface area contributed by atoms with Gasteiger partial charge < -0.3 is 10.1 Å². The number of hydrogen-bond acceptors (Lipinski definition) is 4. The molecule has 1 aromatic carbocycles. The summed E-state index contributed by atoms with van der Waals surface area (Å²) in [5.74, 6) is -0.316. The molecule has 1 aromatic heterocycles. The Hall–Kier alpha value is -1.67. The molecule has 1 N–H and O–H groups in total. The number of anilines is 1. The highest BCUT2D eigenvalue weighted by Crippen LogP contribution is 2.29. The summed E-state index contributed by atoms with van der Waals surface area (Å²) in [6.07, 6.45) is -4.44. The number of nitrogens with zero attached hydrogens (tertiary/aromatic N) is 1. The van der Waals surface area contributed by atoms with Crippen molar-refractivity contribution in [2.24, 2.45) is 0 Å². The number of ether oxygens (including phenoxy) is 1. The lowest BCUT2D eigenvalue weighted by Crippen LogP contribution is -2.23. The van der Waals surface area contributed by atoms with Gasteiger partial charge in [-0.3, -0.25) is 4.79 Å². The molecule has 2 rings (SSSR count). The van der Waals surface area contributed by atoms with Gasteiger partial charge in [0.25, 0.3) is 0 Å². The van der Waals surface area contributed by atoms with E-state index in [1.807, 2.05) is 13.8 Å². The van der Waals surface area contributed by atoms with E-state index in [1.165, 1.54) is 11.3 Å². The van der Waals surface area contributed by atoms with Gasteiger partial charge in [-0.25, -0.2) is 4.98 Å². The van der Waals surface area contributed by atoms with Crippen LogP contribution in [-0.2, 0) is 9.53 Å². The summed E-state index contributed by atoms with van der Waals surface area (Å²) >= 11 is 1.53. The van der Waals surface area contributed by atoms with E-state index in [0.717, 1.165) is 15.2 Å². The van der Waals surface area contributed by atoms with E-state index >= 15 is 0 Å². The molecule has 22 heavy (non-hydrogen) atoms. The summed E-state index contributed by atoms with van der Waals surface area (Å²) in [6.45, 7) is 2.00. The van der Waals surface area contributed by atoms with Crippen LogP contribution in [0.25, 0.3) is 10.2 Å². The molecule has 8 heteroatoms. The molecule has 0 aliphatic rings. The van der Waals surface area contributed by atoms with Crippen LogP contribution >= 0.6 is 11.3 Å². The number of carbonyl (C=O) groups is 1. The number of benzene rings is 1. The van der Waals surface area contributed by atoms with Crippen LogP contribution in [0, 0.1) is 0 Å². The molecule has 0 bridgehead atoms. The fourth-order valence-corrected chi connectivity index (χ4v) is 2.73. The number of hydrogen-bond donors (Lipinski definition) is 1. The fourth-order valence-electron chi connectivity index (χ4n) is 1.72. The number of alkyl halides is 3. The number of amides is 1. The van der Waals surface area contributed by atoms with E-state index in [-0.39, 0.29) is 0 Å². The molecule has 1 heterocycles. The van der Waals surface area contributed by atoms with Gasteiger partial charge in [0, 0.05) is 11.6 Å². The first-order valence-electron chi connectivity index (χ1n) is 6.59. The van der Waals surface area contributed by atoms with Gasteiger partial charge in [-0.2, -0.15) is 13.2 Å². The Morgan fingerprint density at radius 2 is 2.14 bits per heavy atom. The Balaban J connectivity index is 1.97. The Morgan fingerprint density at radius 1 is 1.41 bits per heavy atom. The van der Waals surface area contributed by atoms with E-state index in [9.17, 15) is 18.0 Å². The topological polar surface area (TPSA) is 51.2 Å². The van der Waals surface area contributed by atoms with Gasteiger partial charge in [0.2, 0.25) is 5.91 Å². The van der Waals surface area contributed by atoms with Crippen LogP contribution in [0.15, 0.2) is 18.2 Å². The van der Waals surface area contributed by atoms with Crippen LogP contribution in [0.3, 0.4) is 0 Å². The van der Waals surface area contributed by atoms with Gasteiger partial charge in [-0.05, 0) is 18.2 Å². The van der Waals surface area contributed by atoms with Gasteiger partial charge in [0.1, 0.15) is 13.2 Å². The predicted molar refractivity (Wildman–Crippen MR) is 79.2 cm³/mol. The maximum Gasteiger partial charge on any atom is 0.411 e. The normalized spacial score (nSPS) is 12.1. The molecule has 0 saturated carbocycles. The first-order chi connectivity index (χ1) is 10.2. The number of halogens is 3. The van der Waals surface area contributed by atoms with E-state index in [1.54, 1.807) is 18.2 Å². The van der Waals surface area contributed by atoms with Crippen LogP contribution in [0.4, 0.5) is 18.9 Å². The van der Waals surface area contributed by atoms with Gasteiger partial charge in [0.05, 0.1) is 15.2 Å². The SMILES string of the molecule is CC(C)c1nc2ccc(NC(=O)COCC(F)(F)F)cc2s1. The molecular weight excluding hydrogens is 317 g/mol. The Kier molecular flexibility index (Phi) is 5.02. The van der Waals surface area contributed by atoms with Gasteiger partial charge in [-0.1, -0.05) is 13.8 Å². The highest BCUT2D eigenvalue weighted by molar-refractivity contribution is 7.18. The van der Waals surface area contributed by atoms with Crippen molar-refractivity contribution < 1.29 is 22.7 Å². The zero-order valence-corrected chi connectivity index (χ0v) is 12.8. The van der Waals surface area contributed by atoms with Crippen LogP contribution in [0.5, 0.6) is 0 Å². The highest BCUT2D eigenvalue weighted by atomic mass is 32.1. The zero-order chi connectivity index (χ0) is 16.3. The second-order valence-electron chi connectivity index (χ2n) is 5.05. The van der Waals surface area contributed by atoms with Crippen molar-refractivity contribution in [2.75, 3.05) is 18.5 Å². The zero-order valence-electron chi connectivity index (χ0n) is 12.0. The predicted octanol–water partition coefficient (Wildman–Crippen LogP) is 3.94. The van der Waals surface area contributed by atoms with Crippen molar-refractivity contribution in [1.82, 2.24) is 4.98 Å². The standard InChI is InChI=1S/C14H15F3N2O2S/c1-8(2)13-19-10-4-3-9(5-11(10)22-13)18-12(20)6-21-7-14(15,16)17/h3-5,8H,6-7H2,1-2H3,(H,18,20). The number of carbonyl (C=O) groups excluding carboxylic acids is 1. The number of aromatic nitrogens is 1. The third kappa shape index (κ3) is 4.67. The Labute approximate surface area is 129 Å². The van der Waals surface area contributed by atoms with Crippen molar-refractivity contribution in [3.63, 3.8) is 0 Å². The summed E-state index contributed by atoms with van der Waals surface area (Å²) in [7, 11) is 0. The number of rotatable bonds is 5. The summed E-state index contributed by atoms with van der Waals surface area (Å²) in [4.78, 5) is 16.0.